The number of piperidine rings is 1. The standard InChI is InChI=1S/C13H16N2O2/c16-13(11-4-2-1-3-5-11)17-15-8-10-6-12(9-15)14-7-10/h1-5,10,12,14H,6-9H2/t10-,12-/m0/s1. The molecule has 0 aromatic heterocycles. The highest BCUT2D eigenvalue weighted by atomic mass is 16.7. The molecule has 0 spiro atoms. The molecule has 3 rings (SSSR count). The van der Waals surface area contributed by atoms with Crippen LogP contribution in [0.25, 0.3) is 0 Å². The van der Waals surface area contributed by atoms with Crippen LogP contribution >= 0.6 is 0 Å². The fraction of sp³-hybridized carbons (Fsp3) is 0.462. The van der Waals surface area contributed by atoms with Gasteiger partial charge in [-0.3, -0.25) is 0 Å². The summed E-state index contributed by atoms with van der Waals surface area (Å²) < 4.78 is 0. The maximum atomic E-state index is 11.9. The summed E-state index contributed by atoms with van der Waals surface area (Å²) in [7, 11) is 0. The Hall–Kier alpha value is -1.39. The summed E-state index contributed by atoms with van der Waals surface area (Å²) in [6.07, 6.45) is 1.21. The number of fused-ring (bicyclic) bond motifs is 2. The lowest BCUT2D eigenvalue weighted by Crippen LogP contribution is -2.42. The normalized spacial score (nSPS) is 28.0. The highest BCUT2D eigenvalue weighted by molar-refractivity contribution is 5.89. The second-order valence-corrected chi connectivity index (χ2v) is 4.80. The van der Waals surface area contributed by atoms with E-state index in [9.17, 15) is 4.79 Å². The summed E-state index contributed by atoms with van der Waals surface area (Å²) in [6.45, 7) is 2.70. The number of nitrogens with zero attached hydrogens (tertiary/aromatic N) is 1. The van der Waals surface area contributed by atoms with Gasteiger partial charge in [0, 0.05) is 12.6 Å². The average Bonchev–Trinajstić information content (AvgIpc) is 2.70. The van der Waals surface area contributed by atoms with Crippen LogP contribution in [0.1, 0.15) is 16.8 Å². The van der Waals surface area contributed by atoms with Crippen molar-refractivity contribution in [3.63, 3.8) is 0 Å². The van der Waals surface area contributed by atoms with Gasteiger partial charge in [-0.15, -0.1) is 5.06 Å². The van der Waals surface area contributed by atoms with Crippen molar-refractivity contribution in [1.29, 1.82) is 0 Å². The average molecular weight is 232 g/mol. The third-order valence-corrected chi connectivity index (χ3v) is 3.42. The van der Waals surface area contributed by atoms with Crippen LogP contribution in [0.5, 0.6) is 0 Å². The molecular formula is C13H16N2O2. The molecular weight excluding hydrogens is 216 g/mol. The molecule has 2 aliphatic heterocycles. The predicted octanol–water partition coefficient (Wildman–Crippen LogP) is 1.05. The summed E-state index contributed by atoms with van der Waals surface area (Å²) in [5.74, 6) is 0.365. The van der Waals surface area contributed by atoms with Gasteiger partial charge in [-0.25, -0.2) is 4.79 Å². The highest BCUT2D eigenvalue weighted by Crippen LogP contribution is 2.22. The molecule has 4 nitrogen and oxygen atoms in total. The van der Waals surface area contributed by atoms with Gasteiger partial charge in [0.25, 0.3) is 0 Å². The SMILES string of the molecule is O=C(ON1C[C@@H]2CN[C@@H](C2)C1)c1ccccc1. The maximum absolute atomic E-state index is 11.9. The number of hydrogen-bond acceptors (Lipinski definition) is 4. The zero-order chi connectivity index (χ0) is 11.7. The lowest BCUT2D eigenvalue weighted by Gasteiger charge is -2.29. The first-order valence-electron chi connectivity index (χ1n) is 6.07. The molecule has 2 bridgehead atoms. The van der Waals surface area contributed by atoms with Crippen molar-refractivity contribution in [1.82, 2.24) is 10.4 Å². The van der Waals surface area contributed by atoms with Crippen LogP contribution in [-0.4, -0.2) is 36.7 Å². The minimum atomic E-state index is -0.257. The molecule has 2 saturated heterocycles. The van der Waals surface area contributed by atoms with Gasteiger partial charge in [-0.05, 0) is 31.0 Å². The molecule has 0 unspecified atom stereocenters. The van der Waals surface area contributed by atoms with Crippen LogP contribution in [0.3, 0.4) is 0 Å². The number of benzene rings is 1. The smallest absolute Gasteiger partial charge is 0.357 e. The molecule has 4 heteroatoms. The number of carbonyl (C=O) groups excluding carboxylic acids is 1. The summed E-state index contributed by atoms with van der Waals surface area (Å²) in [5, 5.41) is 5.23. The topological polar surface area (TPSA) is 41.6 Å². The number of carbonyl (C=O) groups is 1. The van der Waals surface area contributed by atoms with Crippen LogP contribution < -0.4 is 5.32 Å². The Bertz CT molecular complexity index is 395. The van der Waals surface area contributed by atoms with Crippen LogP contribution in [0, 0.1) is 5.92 Å². The molecule has 0 aliphatic carbocycles. The zero-order valence-corrected chi connectivity index (χ0v) is 9.63. The molecule has 17 heavy (non-hydrogen) atoms. The third kappa shape index (κ3) is 2.33. The molecule has 90 valence electrons. The Balaban J connectivity index is 1.62. The molecule has 2 atom stereocenters. The summed E-state index contributed by atoms with van der Waals surface area (Å²) in [6, 6.07) is 9.62. The van der Waals surface area contributed by atoms with Crippen molar-refractivity contribution in [2.45, 2.75) is 12.5 Å². The number of hydroxylamine groups is 2. The Morgan fingerprint density at radius 3 is 2.88 bits per heavy atom. The molecule has 0 amide bonds. The van der Waals surface area contributed by atoms with E-state index in [1.54, 1.807) is 17.2 Å². The van der Waals surface area contributed by atoms with E-state index in [2.05, 4.69) is 5.32 Å². The molecule has 2 heterocycles. The Morgan fingerprint density at radius 1 is 1.29 bits per heavy atom. The number of hydrogen-bond donors (Lipinski definition) is 1. The van der Waals surface area contributed by atoms with E-state index in [1.165, 1.54) is 6.42 Å². The lowest BCUT2D eigenvalue weighted by atomic mass is 10.0. The second-order valence-electron chi connectivity index (χ2n) is 4.80. The Kier molecular flexibility index (Phi) is 2.82. The van der Waals surface area contributed by atoms with Gasteiger partial charge in [0.1, 0.15) is 0 Å². The first-order chi connectivity index (χ1) is 8.31. The zero-order valence-electron chi connectivity index (χ0n) is 9.63. The summed E-state index contributed by atoms with van der Waals surface area (Å²) in [5.41, 5.74) is 0.610. The van der Waals surface area contributed by atoms with Gasteiger partial charge in [0.05, 0.1) is 12.1 Å². The van der Waals surface area contributed by atoms with E-state index in [-0.39, 0.29) is 5.97 Å². The van der Waals surface area contributed by atoms with Crippen molar-refractivity contribution in [2.75, 3.05) is 19.6 Å². The van der Waals surface area contributed by atoms with E-state index < -0.39 is 0 Å². The molecule has 1 aromatic rings. The fourth-order valence-corrected chi connectivity index (χ4v) is 2.61. The molecule has 1 aromatic carbocycles. The highest BCUT2D eigenvalue weighted by Gasteiger charge is 2.34. The van der Waals surface area contributed by atoms with E-state index in [0.29, 0.717) is 17.5 Å². The van der Waals surface area contributed by atoms with E-state index in [0.717, 1.165) is 19.6 Å². The van der Waals surface area contributed by atoms with Gasteiger partial charge < -0.3 is 10.2 Å². The fourth-order valence-electron chi connectivity index (χ4n) is 2.61. The molecule has 2 aliphatic rings. The van der Waals surface area contributed by atoms with Crippen molar-refractivity contribution in [3.05, 3.63) is 35.9 Å². The van der Waals surface area contributed by atoms with Crippen molar-refractivity contribution in [3.8, 4) is 0 Å². The number of nitrogens with one attached hydrogen (secondary N) is 1. The maximum Gasteiger partial charge on any atom is 0.357 e. The predicted molar refractivity (Wildman–Crippen MR) is 63.3 cm³/mol. The summed E-state index contributed by atoms with van der Waals surface area (Å²) >= 11 is 0. The molecule has 2 fully saturated rings. The first kappa shape index (κ1) is 10.7. The van der Waals surface area contributed by atoms with Crippen molar-refractivity contribution >= 4 is 5.97 Å². The van der Waals surface area contributed by atoms with E-state index in [4.69, 9.17) is 4.84 Å². The quantitative estimate of drug-likeness (QED) is 0.827. The molecule has 1 N–H and O–H groups in total. The minimum absolute atomic E-state index is 0.257. The van der Waals surface area contributed by atoms with Crippen molar-refractivity contribution in [2.24, 2.45) is 5.92 Å². The van der Waals surface area contributed by atoms with Crippen LogP contribution in [0.15, 0.2) is 30.3 Å². The van der Waals surface area contributed by atoms with Gasteiger partial charge in [0.15, 0.2) is 0 Å². The summed E-state index contributed by atoms with van der Waals surface area (Å²) in [4.78, 5) is 17.3. The second kappa shape index (κ2) is 4.47. The molecule has 0 saturated carbocycles. The van der Waals surface area contributed by atoms with Gasteiger partial charge in [-0.1, -0.05) is 18.2 Å². The minimum Gasteiger partial charge on any atom is -0.364 e. The monoisotopic (exact) mass is 232 g/mol. The van der Waals surface area contributed by atoms with Crippen LogP contribution in [-0.2, 0) is 4.84 Å². The Morgan fingerprint density at radius 2 is 2.12 bits per heavy atom. The van der Waals surface area contributed by atoms with Gasteiger partial charge in [0.2, 0.25) is 0 Å². The molecule has 0 radical (unpaired) electrons. The van der Waals surface area contributed by atoms with E-state index in [1.807, 2.05) is 18.2 Å². The first-order valence-corrected chi connectivity index (χ1v) is 6.07. The van der Waals surface area contributed by atoms with Crippen LogP contribution in [0.4, 0.5) is 0 Å². The van der Waals surface area contributed by atoms with Gasteiger partial charge >= 0.3 is 5.97 Å². The van der Waals surface area contributed by atoms with Crippen molar-refractivity contribution < 1.29 is 9.63 Å². The number of rotatable bonds is 2. The lowest BCUT2D eigenvalue weighted by molar-refractivity contribution is -0.127. The Labute approximate surface area is 101 Å². The largest absolute Gasteiger partial charge is 0.364 e. The van der Waals surface area contributed by atoms with Crippen LogP contribution in [0.2, 0.25) is 0 Å². The van der Waals surface area contributed by atoms with Gasteiger partial charge in [-0.2, -0.15) is 0 Å². The third-order valence-electron chi connectivity index (χ3n) is 3.42. The van der Waals surface area contributed by atoms with E-state index >= 15 is 0 Å².